The number of hydrogen-bond donors (Lipinski definition) is 2. The summed E-state index contributed by atoms with van der Waals surface area (Å²) in [7, 11) is 4.74. The standard InChI is InChI=1S/C26H28FN3O4/c1-17(30(2)16-18-9-14-23(33-3)21(27)15-18)25(31)28-20-12-10-19(11-13-20)26(32)29-22-7-5-6-8-24(22)34-4/h5-15,17H,16H2,1-4H3,(H,28,31)(H,29,32). The lowest BCUT2D eigenvalue weighted by Crippen LogP contribution is -2.39. The number of halogens is 1. The molecule has 0 aliphatic carbocycles. The molecular formula is C26H28FN3O4. The third-order valence-corrected chi connectivity index (χ3v) is 5.46. The molecule has 0 spiro atoms. The number of hydrogen-bond acceptors (Lipinski definition) is 5. The van der Waals surface area contributed by atoms with E-state index in [2.05, 4.69) is 10.6 Å². The maximum absolute atomic E-state index is 13.9. The number of anilines is 2. The molecule has 2 N–H and O–H groups in total. The maximum atomic E-state index is 13.9. The third-order valence-electron chi connectivity index (χ3n) is 5.46. The lowest BCUT2D eigenvalue weighted by molar-refractivity contribution is -0.120. The summed E-state index contributed by atoms with van der Waals surface area (Å²) in [6.07, 6.45) is 0. The highest BCUT2D eigenvalue weighted by molar-refractivity contribution is 6.05. The molecule has 0 bridgehead atoms. The molecule has 0 aliphatic rings. The van der Waals surface area contributed by atoms with Gasteiger partial charge in [-0.25, -0.2) is 4.39 Å². The van der Waals surface area contributed by atoms with Crippen LogP contribution in [-0.4, -0.2) is 44.0 Å². The molecule has 0 heterocycles. The van der Waals surface area contributed by atoms with E-state index >= 15 is 0 Å². The van der Waals surface area contributed by atoms with Gasteiger partial charge in [0.15, 0.2) is 11.6 Å². The quantitative estimate of drug-likeness (QED) is 0.485. The molecule has 7 nitrogen and oxygen atoms in total. The van der Waals surface area contributed by atoms with Gasteiger partial charge >= 0.3 is 0 Å². The van der Waals surface area contributed by atoms with Gasteiger partial charge in [0.25, 0.3) is 5.91 Å². The number of para-hydroxylation sites is 2. The number of carbonyl (C=O) groups excluding carboxylic acids is 2. The monoisotopic (exact) mass is 465 g/mol. The number of ether oxygens (including phenoxy) is 2. The zero-order valence-corrected chi connectivity index (χ0v) is 19.6. The normalized spacial score (nSPS) is 11.6. The van der Waals surface area contributed by atoms with Gasteiger partial charge < -0.3 is 20.1 Å². The van der Waals surface area contributed by atoms with E-state index in [1.807, 2.05) is 11.0 Å². The summed E-state index contributed by atoms with van der Waals surface area (Å²) in [6.45, 7) is 2.15. The zero-order valence-electron chi connectivity index (χ0n) is 19.6. The van der Waals surface area contributed by atoms with E-state index in [4.69, 9.17) is 9.47 Å². The maximum Gasteiger partial charge on any atom is 0.255 e. The highest BCUT2D eigenvalue weighted by Gasteiger charge is 2.19. The second-order valence-corrected chi connectivity index (χ2v) is 7.78. The van der Waals surface area contributed by atoms with E-state index in [1.165, 1.54) is 20.3 Å². The fourth-order valence-corrected chi connectivity index (χ4v) is 3.33. The Hall–Kier alpha value is -3.91. The van der Waals surface area contributed by atoms with E-state index in [0.717, 1.165) is 5.56 Å². The number of benzene rings is 3. The van der Waals surface area contributed by atoms with Crippen molar-refractivity contribution in [2.45, 2.75) is 19.5 Å². The van der Waals surface area contributed by atoms with E-state index in [9.17, 15) is 14.0 Å². The van der Waals surface area contributed by atoms with Gasteiger partial charge in [-0.1, -0.05) is 18.2 Å². The largest absolute Gasteiger partial charge is 0.495 e. The first-order chi connectivity index (χ1) is 16.3. The van der Waals surface area contributed by atoms with Crippen molar-refractivity contribution in [2.75, 3.05) is 31.9 Å². The van der Waals surface area contributed by atoms with Crippen LogP contribution in [0.5, 0.6) is 11.5 Å². The highest BCUT2D eigenvalue weighted by Crippen LogP contribution is 2.24. The minimum Gasteiger partial charge on any atom is -0.495 e. The lowest BCUT2D eigenvalue weighted by Gasteiger charge is -2.24. The lowest BCUT2D eigenvalue weighted by atomic mass is 10.1. The van der Waals surface area contributed by atoms with Crippen LogP contribution in [0, 0.1) is 5.82 Å². The van der Waals surface area contributed by atoms with Crippen molar-refractivity contribution in [3.05, 3.63) is 83.7 Å². The van der Waals surface area contributed by atoms with Crippen LogP contribution < -0.4 is 20.1 Å². The molecule has 0 saturated heterocycles. The van der Waals surface area contributed by atoms with Crippen LogP contribution in [0.4, 0.5) is 15.8 Å². The van der Waals surface area contributed by atoms with Crippen LogP contribution in [0.3, 0.4) is 0 Å². The summed E-state index contributed by atoms with van der Waals surface area (Å²) >= 11 is 0. The molecule has 2 amide bonds. The number of methoxy groups -OCH3 is 2. The van der Waals surface area contributed by atoms with Crippen molar-refractivity contribution >= 4 is 23.2 Å². The molecule has 3 aromatic rings. The molecule has 3 aromatic carbocycles. The Bertz CT molecular complexity index is 1150. The van der Waals surface area contributed by atoms with Gasteiger partial charge in [0, 0.05) is 17.8 Å². The topological polar surface area (TPSA) is 79.9 Å². The Morgan fingerprint density at radius 3 is 2.26 bits per heavy atom. The first-order valence-electron chi connectivity index (χ1n) is 10.7. The highest BCUT2D eigenvalue weighted by atomic mass is 19.1. The van der Waals surface area contributed by atoms with Crippen molar-refractivity contribution in [1.82, 2.24) is 4.90 Å². The molecule has 1 unspecified atom stereocenters. The van der Waals surface area contributed by atoms with Crippen LogP contribution in [0.1, 0.15) is 22.8 Å². The van der Waals surface area contributed by atoms with E-state index < -0.39 is 11.9 Å². The van der Waals surface area contributed by atoms with Gasteiger partial charge in [0.2, 0.25) is 5.91 Å². The number of carbonyl (C=O) groups is 2. The second kappa shape index (κ2) is 11.3. The van der Waals surface area contributed by atoms with Gasteiger partial charge in [-0.3, -0.25) is 14.5 Å². The number of amides is 2. The zero-order chi connectivity index (χ0) is 24.7. The van der Waals surface area contributed by atoms with Gasteiger partial charge in [-0.05, 0) is 68.1 Å². The molecule has 1 atom stereocenters. The Morgan fingerprint density at radius 1 is 0.941 bits per heavy atom. The molecule has 0 fully saturated rings. The minimum atomic E-state index is -0.473. The van der Waals surface area contributed by atoms with Crippen molar-refractivity contribution in [3.63, 3.8) is 0 Å². The van der Waals surface area contributed by atoms with E-state index in [-0.39, 0.29) is 17.6 Å². The number of nitrogens with zero attached hydrogens (tertiary/aromatic N) is 1. The van der Waals surface area contributed by atoms with Crippen LogP contribution in [0.2, 0.25) is 0 Å². The van der Waals surface area contributed by atoms with Crippen molar-refractivity contribution < 1.29 is 23.5 Å². The van der Waals surface area contributed by atoms with Gasteiger partial charge in [-0.15, -0.1) is 0 Å². The van der Waals surface area contributed by atoms with Gasteiger partial charge in [-0.2, -0.15) is 0 Å². The Kier molecular flexibility index (Phi) is 8.21. The minimum absolute atomic E-state index is 0.178. The smallest absolute Gasteiger partial charge is 0.255 e. The number of nitrogens with one attached hydrogen (secondary N) is 2. The SMILES string of the molecule is COc1ccc(CN(C)C(C)C(=O)Nc2ccc(C(=O)Nc3ccccc3OC)cc2)cc1F. The molecular weight excluding hydrogens is 437 g/mol. The van der Waals surface area contributed by atoms with Crippen molar-refractivity contribution in [3.8, 4) is 11.5 Å². The fourth-order valence-electron chi connectivity index (χ4n) is 3.33. The first-order valence-corrected chi connectivity index (χ1v) is 10.7. The Morgan fingerprint density at radius 2 is 1.62 bits per heavy atom. The summed E-state index contributed by atoms with van der Waals surface area (Å²) in [5, 5.41) is 5.66. The summed E-state index contributed by atoms with van der Waals surface area (Å²) in [5.74, 6) is -0.210. The van der Waals surface area contributed by atoms with Gasteiger partial charge in [0.1, 0.15) is 5.75 Å². The summed E-state index contributed by atoms with van der Waals surface area (Å²) in [4.78, 5) is 27.1. The molecule has 0 saturated carbocycles. The Labute approximate surface area is 198 Å². The molecule has 0 radical (unpaired) electrons. The van der Waals surface area contributed by atoms with Crippen molar-refractivity contribution in [2.24, 2.45) is 0 Å². The van der Waals surface area contributed by atoms with E-state index in [1.54, 1.807) is 68.6 Å². The second-order valence-electron chi connectivity index (χ2n) is 7.78. The van der Waals surface area contributed by atoms with E-state index in [0.29, 0.717) is 29.2 Å². The molecule has 3 rings (SSSR count). The first kappa shape index (κ1) is 24.7. The molecule has 34 heavy (non-hydrogen) atoms. The van der Waals surface area contributed by atoms with Gasteiger partial charge in [0.05, 0.1) is 25.9 Å². The number of rotatable bonds is 9. The average molecular weight is 466 g/mol. The molecule has 0 aliphatic heterocycles. The molecule has 0 aromatic heterocycles. The summed E-state index contributed by atoms with van der Waals surface area (Å²) in [6, 6.07) is 18.0. The summed E-state index contributed by atoms with van der Waals surface area (Å²) in [5.41, 5.74) is 2.30. The van der Waals surface area contributed by atoms with Crippen LogP contribution in [-0.2, 0) is 11.3 Å². The van der Waals surface area contributed by atoms with Crippen LogP contribution >= 0.6 is 0 Å². The summed E-state index contributed by atoms with van der Waals surface area (Å²) < 4.78 is 24.1. The molecule has 8 heteroatoms. The predicted molar refractivity (Wildman–Crippen MR) is 130 cm³/mol. The van der Waals surface area contributed by atoms with Crippen molar-refractivity contribution in [1.29, 1.82) is 0 Å². The van der Waals surface area contributed by atoms with Crippen LogP contribution in [0.15, 0.2) is 66.7 Å². The van der Waals surface area contributed by atoms with Crippen LogP contribution in [0.25, 0.3) is 0 Å². The predicted octanol–water partition coefficient (Wildman–Crippen LogP) is 4.55. The molecule has 178 valence electrons. The third kappa shape index (κ3) is 6.11. The average Bonchev–Trinajstić information content (AvgIpc) is 2.84. The number of likely N-dealkylation sites (N-methyl/N-ethyl adjacent to an activating group) is 1. The fraction of sp³-hybridized carbons (Fsp3) is 0.231. The Balaban J connectivity index is 1.58.